The highest BCUT2D eigenvalue weighted by atomic mass is 16.2. The molecule has 2 heterocycles. The van der Waals surface area contributed by atoms with E-state index in [9.17, 15) is 9.59 Å². The highest BCUT2D eigenvalue weighted by Gasteiger charge is 2.17. The third-order valence-corrected chi connectivity index (χ3v) is 3.97. The Kier molecular flexibility index (Phi) is 5.07. The second-order valence-electron chi connectivity index (χ2n) is 5.82. The summed E-state index contributed by atoms with van der Waals surface area (Å²) in [5, 5.41) is 9.40. The Morgan fingerprint density at radius 1 is 0.962 bits per heavy atom. The second-order valence-corrected chi connectivity index (χ2v) is 5.82. The third-order valence-electron chi connectivity index (χ3n) is 3.97. The van der Waals surface area contributed by atoms with Crippen LogP contribution in [0, 0.1) is 13.8 Å². The lowest BCUT2D eigenvalue weighted by atomic mass is 10.2. The molecule has 0 saturated heterocycles. The molecule has 2 amide bonds. The molecule has 0 spiro atoms. The Morgan fingerprint density at radius 3 is 2.50 bits per heavy atom. The van der Waals surface area contributed by atoms with Gasteiger partial charge in [0.15, 0.2) is 0 Å². The number of amides is 2. The van der Waals surface area contributed by atoms with E-state index in [1.807, 2.05) is 50.2 Å². The molecular weight excluding hydrogens is 330 g/mol. The van der Waals surface area contributed by atoms with Gasteiger partial charge in [-0.3, -0.25) is 14.6 Å². The van der Waals surface area contributed by atoms with Crippen molar-refractivity contribution in [3.63, 3.8) is 0 Å². The van der Waals surface area contributed by atoms with Crippen molar-refractivity contribution in [3.05, 3.63) is 71.7 Å². The summed E-state index contributed by atoms with van der Waals surface area (Å²) in [6, 6.07) is 13.0. The summed E-state index contributed by atoms with van der Waals surface area (Å²) in [4.78, 5) is 28.5. The van der Waals surface area contributed by atoms with Gasteiger partial charge in [-0.15, -0.1) is 0 Å². The predicted molar refractivity (Wildman–Crippen MR) is 97.8 cm³/mol. The van der Waals surface area contributed by atoms with E-state index in [1.165, 1.54) is 0 Å². The smallest absolute Gasteiger partial charge is 0.314 e. The lowest BCUT2D eigenvalue weighted by Crippen LogP contribution is -2.35. The fraction of sp³-hybridized carbons (Fsp3) is 0.158. The van der Waals surface area contributed by atoms with Crippen LogP contribution in [-0.2, 0) is 16.1 Å². The van der Waals surface area contributed by atoms with E-state index >= 15 is 0 Å². The molecule has 0 aliphatic rings. The number of carbonyl (C=O) groups excluding carboxylic acids is 2. The molecule has 0 radical (unpaired) electrons. The van der Waals surface area contributed by atoms with Crippen LogP contribution in [0.2, 0.25) is 0 Å². The zero-order valence-electron chi connectivity index (χ0n) is 14.6. The topological polar surface area (TPSA) is 88.9 Å². The van der Waals surface area contributed by atoms with E-state index in [1.54, 1.807) is 23.1 Å². The van der Waals surface area contributed by atoms with Crippen molar-refractivity contribution < 1.29 is 9.59 Å². The minimum absolute atomic E-state index is 0.190. The molecule has 0 fully saturated rings. The summed E-state index contributed by atoms with van der Waals surface area (Å²) >= 11 is 0. The molecule has 3 aromatic rings. The van der Waals surface area contributed by atoms with Crippen molar-refractivity contribution in [1.82, 2.24) is 20.1 Å². The Balaban J connectivity index is 1.67. The van der Waals surface area contributed by atoms with E-state index in [-0.39, 0.29) is 6.54 Å². The van der Waals surface area contributed by atoms with E-state index < -0.39 is 11.8 Å². The number of nitrogens with zero attached hydrogens (tertiary/aromatic N) is 3. The average molecular weight is 349 g/mol. The van der Waals surface area contributed by atoms with Gasteiger partial charge in [-0.05, 0) is 37.1 Å². The van der Waals surface area contributed by atoms with Crippen LogP contribution in [0.15, 0.2) is 54.9 Å². The van der Waals surface area contributed by atoms with Crippen molar-refractivity contribution in [2.45, 2.75) is 20.4 Å². The summed E-state index contributed by atoms with van der Waals surface area (Å²) in [5.41, 5.74) is 3.50. The summed E-state index contributed by atoms with van der Waals surface area (Å²) in [5.74, 6) is -1.06. The molecule has 0 unspecified atom stereocenters. The highest BCUT2D eigenvalue weighted by molar-refractivity contribution is 6.39. The number of aromatic nitrogens is 3. The van der Waals surface area contributed by atoms with Crippen LogP contribution in [0.5, 0.6) is 0 Å². The maximum Gasteiger partial charge on any atom is 0.314 e. The van der Waals surface area contributed by atoms with Gasteiger partial charge < -0.3 is 10.6 Å². The molecule has 132 valence electrons. The SMILES string of the molecule is Cc1ccccc1-n1nccc1NC(=O)C(=O)NCc1ncccc1C. The molecular formula is C19H19N5O2. The van der Waals surface area contributed by atoms with E-state index in [0.29, 0.717) is 5.82 Å². The van der Waals surface area contributed by atoms with Crippen LogP contribution in [0.3, 0.4) is 0 Å². The number of benzene rings is 1. The number of para-hydroxylation sites is 1. The van der Waals surface area contributed by atoms with Gasteiger partial charge in [0, 0.05) is 12.3 Å². The highest BCUT2D eigenvalue weighted by Crippen LogP contribution is 2.18. The summed E-state index contributed by atoms with van der Waals surface area (Å²) in [7, 11) is 0. The molecule has 7 heteroatoms. The van der Waals surface area contributed by atoms with Crippen LogP contribution >= 0.6 is 0 Å². The number of carbonyl (C=O) groups is 2. The van der Waals surface area contributed by atoms with Gasteiger partial charge in [-0.2, -0.15) is 5.10 Å². The number of hydrogen-bond donors (Lipinski definition) is 2. The number of aryl methyl sites for hydroxylation is 2. The van der Waals surface area contributed by atoms with Crippen LogP contribution in [0.4, 0.5) is 5.82 Å². The summed E-state index contributed by atoms with van der Waals surface area (Å²) < 4.78 is 1.59. The molecule has 0 aliphatic carbocycles. The first-order valence-corrected chi connectivity index (χ1v) is 8.16. The predicted octanol–water partition coefficient (Wildman–Crippen LogP) is 2.14. The van der Waals surface area contributed by atoms with Gasteiger partial charge in [0.1, 0.15) is 5.82 Å². The van der Waals surface area contributed by atoms with Crippen molar-refractivity contribution in [2.75, 3.05) is 5.32 Å². The first kappa shape index (κ1) is 17.3. The minimum Gasteiger partial charge on any atom is -0.342 e. The molecule has 0 bridgehead atoms. The monoisotopic (exact) mass is 349 g/mol. The lowest BCUT2D eigenvalue weighted by molar-refractivity contribution is -0.136. The fourth-order valence-corrected chi connectivity index (χ4v) is 2.51. The van der Waals surface area contributed by atoms with Crippen LogP contribution in [-0.4, -0.2) is 26.6 Å². The van der Waals surface area contributed by atoms with Gasteiger partial charge in [-0.25, -0.2) is 4.68 Å². The zero-order valence-corrected chi connectivity index (χ0v) is 14.6. The van der Waals surface area contributed by atoms with E-state index in [0.717, 1.165) is 22.5 Å². The van der Waals surface area contributed by atoms with Gasteiger partial charge in [-0.1, -0.05) is 24.3 Å². The summed E-state index contributed by atoms with van der Waals surface area (Å²) in [6.45, 7) is 4.04. The first-order chi connectivity index (χ1) is 12.6. The van der Waals surface area contributed by atoms with Crippen molar-refractivity contribution in [2.24, 2.45) is 0 Å². The van der Waals surface area contributed by atoms with Crippen LogP contribution in [0.25, 0.3) is 5.69 Å². The summed E-state index contributed by atoms with van der Waals surface area (Å²) in [6.07, 6.45) is 3.21. The maximum absolute atomic E-state index is 12.2. The normalized spacial score (nSPS) is 10.4. The molecule has 0 saturated carbocycles. The van der Waals surface area contributed by atoms with Crippen molar-refractivity contribution in [3.8, 4) is 5.69 Å². The Hall–Kier alpha value is -3.48. The molecule has 7 nitrogen and oxygen atoms in total. The number of anilines is 1. The molecule has 26 heavy (non-hydrogen) atoms. The number of hydrogen-bond acceptors (Lipinski definition) is 4. The average Bonchev–Trinajstić information content (AvgIpc) is 3.09. The van der Waals surface area contributed by atoms with Gasteiger partial charge >= 0.3 is 11.8 Å². The van der Waals surface area contributed by atoms with Crippen molar-refractivity contribution >= 4 is 17.6 Å². The first-order valence-electron chi connectivity index (χ1n) is 8.16. The second kappa shape index (κ2) is 7.60. The lowest BCUT2D eigenvalue weighted by Gasteiger charge is -2.11. The molecule has 3 rings (SSSR count). The number of rotatable bonds is 4. The standard InChI is InChI=1S/C19H19N5O2/c1-13-7-5-10-20-15(13)12-21-18(25)19(26)23-17-9-11-22-24(17)16-8-4-3-6-14(16)2/h3-11H,12H2,1-2H3,(H,21,25)(H,23,26). The van der Waals surface area contributed by atoms with Gasteiger partial charge in [0.05, 0.1) is 24.1 Å². The largest absolute Gasteiger partial charge is 0.342 e. The molecule has 2 aromatic heterocycles. The Morgan fingerprint density at radius 2 is 1.73 bits per heavy atom. The maximum atomic E-state index is 12.2. The van der Waals surface area contributed by atoms with Crippen LogP contribution in [0.1, 0.15) is 16.8 Å². The molecule has 2 N–H and O–H groups in total. The van der Waals surface area contributed by atoms with Gasteiger partial charge in [0.2, 0.25) is 0 Å². The minimum atomic E-state index is -0.756. The fourth-order valence-electron chi connectivity index (χ4n) is 2.51. The van der Waals surface area contributed by atoms with Crippen molar-refractivity contribution in [1.29, 1.82) is 0 Å². The van der Waals surface area contributed by atoms with Crippen LogP contribution < -0.4 is 10.6 Å². The zero-order chi connectivity index (χ0) is 18.5. The van der Waals surface area contributed by atoms with E-state index in [4.69, 9.17) is 0 Å². The molecule has 0 atom stereocenters. The molecule has 1 aromatic carbocycles. The number of nitrogens with one attached hydrogen (secondary N) is 2. The quantitative estimate of drug-likeness (QED) is 0.706. The Labute approximate surface area is 151 Å². The van der Waals surface area contributed by atoms with Gasteiger partial charge in [0.25, 0.3) is 0 Å². The number of pyridine rings is 1. The Bertz CT molecular complexity index is 948. The van der Waals surface area contributed by atoms with E-state index in [2.05, 4.69) is 20.7 Å². The molecule has 0 aliphatic heterocycles. The third kappa shape index (κ3) is 3.77.